The molecule has 20 heavy (non-hydrogen) atoms. The van der Waals surface area contributed by atoms with Gasteiger partial charge >= 0.3 is 0 Å². The van der Waals surface area contributed by atoms with Crippen LogP contribution in [0.5, 0.6) is 11.5 Å². The molecule has 0 spiro atoms. The van der Waals surface area contributed by atoms with E-state index in [0.29, 0.717) is 6.54 Å². The van der Waals surface area contributed by atoms with Crippen LogP contribution in [0.4, 0.5) is 0 Å². The van der Waals surface area contributed by atoms with Gasteiger partial charge in [-0.25, -0.2) is 0 Å². The first-order chi connectivity index (χ1) is 9.68. The van der Waals surface area contributed by atoms with Crippen molar-refractivity contribution in [3.63, 3.8) is 0 Å². The number of phenolic OH excluding ortho intramolecular Hbond substituents is 2. The molecule has 0 amide bonds. The van der Waals surface area contributed by atoms with Crippen molar-refractivity contribution >= 4 is 0 Å². The molecule has 1 aliphatic rings. The highest BCUT2D eigenvalue weighted by molar-refractivity contribution is 5.44. The van der Waals surface area contributed by atoms with Crippen LogP contribution in [0.15, 0.2) is 18.2 Å². The topological polar surface area (TPSA) is 55.7 Å². The fraction of sp³-hybridized carbons (Fsp3) is 0.625. The van der Waals surface area contributed by atoms with Crippen molar-refractivity contribution in [1.82, 2.24) is 10.2 Å². The Morgan fingerprint density at radius 3 is 2.95 bits per heavy atom. The highest BCUT2D eigenvalue weighted by Crippen LogP contribution is 2.27. The van der Waals surface area contributed by atoms with Gasteiger partial charge < -0.3 is 20.4 Å². The van der Waals surface area contributed by atoms with Gasteiger partial charge in [0.2, 0.25) is 0 Å². The molecule has 4 heteroatoms. The fourth-order valence-corrected chi connectivity index (χ4v) is 2.84. The Morgan fingerprint density at radius 1 is 1.30 bits per heavy atom. The summed E-state index contributed by atoms with van der Waals surface area (Å²) in [6.45, 7) is 6.21. The Balaban J connectivity index is 1.65. The average Bonchev–Trinajstić information content (AvgIpc) is 2.45. The zero-order valence-electron chi connectivity index (χ0n) is 12.3. The predicted molar refractivity (Wildman–Crippen MR) is 81.0 cm³/mol. The first kappa shape index (κ1) is 15.1. The van der Waals surface area contributed by atoms with Crippen LogP contribution in [0.3, 0.4) is 0 Å². The number of nitrogens with zero attached hydrogens (tertiary/aromatic N) is 1. The molecular weight excluding hydrogens is 252 g/mol. The van der Waals surface area contributed by atoms with Crippen molar-refractivity contribution in [3.8, 4) is 11.5 Å². The van der Waals surface area contributed by atoms with E-state index in [1.807, 2.05) is 6.07 Å². The van der Waals surface area contributed by atoms with Crippen molar-refractivity contribution in [2.75, 3.05) is 19.6 Å². The summed E-state index contributed by atoms with van der Waals surface area (Å²) in [7, 11) is 0. The number of likely N-dealkylation sites (tertiary alicyclic amines) is 1. The van der Waals surface area contributed by atoms with Crippen LogP contribution >= 0.6 is 0 Å². The summed E-state index contributed by atoms with van der Waals surface area (Å²) in [6, 6.07) is 5.80. The van der Waals surface area contributed by atoms with E-state index >= 15 is 0 Å². The first-order valence-corrected chi connectivity index (χ1v) is 7.63. The van der Waals surface area contributed by atoms with E-state index in [9.17, 15) is 10.2 Å². The normalized spacial score (nSPS) is 20.1. The number of benzene rings is 1. The SMILES string of the molecule is CC1CCCCN1CCCNCc1cccc(O)c1O. The first-order valence-electron chi connectivity index (χ1n) is 7.63. The molecule has 112 valence electrons. The van der Waals surface area contributed by atoms with Gasteiger partial charge in [-0.2, -0.15) is 0 Å². The number of piperidine rings is 1. The van der Waals surface area contributed by atoms with Gasteiger partial charge in [-0.05, 0) is 51.9 Å². The number of para-hydroxylation sites is 1. The zero-order chi connectivity index (χ0) is 14.4. The Morgan fingerprint density at radius 2 is 2.15 bits per heavy atom. The number of aromatic hydroxyl groups is 2. The highest BCUT2D eigenvalue weighted by Gasteiger charge is 2.16. The van der Waals surface area contributed by atoms with Crippen LogP contribution in [0.1, 0.15) is 38.2 Å². The molecule has 1 fully saturated rings. The molecule has 1 unspecified atom stereocenters. The zero-order valence-corrected chi connectivity index (χ0v) is 12.3. The molecule has 1 saturated heterocycles. The van der Waals surface area contributed by atoms with Gasteiger partial charge in [-0.1, -0.05) is 18.6 Å². The van der Waals surface area contributed by atoms with E-state index < -0.39 is 0 Å². The van der Waals surface area contributed by atoms with Crippen LogP contribution in [0.25, 0.3) is 0 Å². The van der Waals surface area contributed by atoms with Gasteiger partial charge in [0.15, 0.2) is 11.5 Å². The lowest BCUT2D eigenvalue weighted by atomic mass is 10.0. The van der Waals surface area contributed by atoms with Gasteiger partial charge in [0.1, 0.15) is 0 Å². The van der Waals surface area contributed by atoms with Gasteiger partial charge in [-0.15, -0.1) is 0 Å². The van der Waals surface area contributed by atoms with E-state index in [4.69, 9.17) is 0 Å². The van der Waals surface area contributed by atoms with Crippen LogP contribution in [0, 0.1) is 0 Å². The summed E-state index contributed by atoms with van der Waals surface area (Å²) in [5, 5.41) is 22.4. The molecule has 2 rings (SSSR count). The van der Waals surface area contributed by atoms with Crippen LogP contribution < -0.4 is 5.32 Å². The second-order valence-electron chi connectivity index (χ2n) is 5.70. The van der Waals surface area contributed by atoms with E-state index in [1.165, 1.54) is 31.9 Å². The Labute approximate surface area is 121 Å². The molecule has 1 aromatic carbocycles. The predicted octanol–water partition coefficient (Wildman–Crippen LogP) is 2.45. The van der Waals surface area contributed by atoms with Crippen LogP contribution in [-0.2, 0) is 6.54 Å². The lowest BCUT2D eigenvalue weighted by molar-refractivity contribution is 0.159. The summed E-state index contributed by atoms with van der Waals surface area (Å²) in [5.41, 5.74) is 0.747. The van der Waals surface area contributed by atoms with Gasteiger partial charge in [0.05, 0.1) is 0 Å². The molecular formula is C16H26N2O2. The summed E-state index contributed by atoms with van der Waals surface area (Å²) in [6.07, 6.45) is 5.14. The molecule has 4 nitrogen and oxygen atoms in total. The van der Waals surface area contributed by atoms with Crippen molar-refractivity contribution < 1.29 is 10.2 Å². The lowest BCUT2D eigenvalue weighted by Crippen LogP contribution is -2.38. The third kappa shape index (κ3) is 4.12. The highest BCUT2D eigenvalue weighted by atomic mass is 16.3. The molecule has 0 saturated carbocycles. The molecule has 1 aliphatic heterocycles. The molecule has 0 aliphatic carbocycles. The molecule has 0 aromatic heterocycles. The molecule has 1 heterocycles. The van der Waals surface area contributed by atoms with Gasteiger partial charge in [0, 0.05) is 18.2 Å². The Hall–Kier alpha value is -1.26. The van der Waals surface area contributed by atoms with E-state index in [0.717, 1.165) is 31.1 Å². The second-order valence-corrected chi connectivity index (χ2v) is 5.70. The smallest absolute Gasteiger partial charge is 0.161 e. The number of nitrogens with one attached hydrogen (secondary N) is 1. The largest absolute Gasteiger partial charge is 0.504 e. The summed E-state index contributed by atoms with van der Waals surface area (Å²) in [4.78, 5) is 2.57. The van der Waals surface area contributed by atoms with Crippen LogP contribution in [-0.4, -0.2) is 40.8 Å². The third-order valence-electron chi connectivity index (χ3n) is 4.15. The van der Waals surface area contributed by atoms with E-state index in [1.54, 1.807) is 6.07 Å². The quantitative estimate of drug-likeness (QED) is 0.552. The second kappa shape index (κ2) is 7.50. The van der Waals surface area contributed by atoms with Gasteiger partial charge in [-0.3, -0.25) is 0 Å². The lowest BCUT2D eigenvalue weighted by Gasteiger charge is -2.33. The molecule has 0 bridgehead atoms. The summed E-state index contributed by atoms with van der Waals surface area (Å²) >= 11 is 0. The Bertz CT molecular complexity index is 423. The molecule has 0 radical (unpaired) electrons. The van der Waals surface area contributed by atoms with E-state index in [-0.39, 0.29) is 11.5 Å². The maximum atomic E-state index is 9.69. The van der Waals surface area contributed by atoms with Crippen molar-refractivity contribution in [2.45, 2.75) is 45.2 Å². The van der Waals surface area contributed by atoms with Crippen molar-refractivity contribution in [2.24, 2.45) is 0 Å². The standard InChI is InChI=1S/C16H26N2O2/c1-13-6-2-3-10-18(13)11-5-9-17-12-14-7-4-8-15(19)16(14)20/h4,7-8,13,17,19-20H,2-3,5-6,9-12H2,1H3. The molecule has 1 atom stereocenters. The monoisotopic (exact) mass is 278 g/mol. The number of phenols is 2. The minimum atomic E-state index is -0.0496. The average molecular weight is 278 g/mol. The molecule has 3 N–H and O–H groups in total. The van der Waals surface area contributed by atoms with E-state index in [2.05, 4.69) is 17.1 Å². The number of hydrogen-bond donors (Lipinski definition) is 3. The van der Waals surface area contributed by atoms with Gasteiger partial charge in [0.25, 0.3) is 0 Å². The fourth-order valence-electron chi connectivity index (χ4n) is 2.84. The van der Waals surface area contributed by atoms with Crippen LogP contribution in [0.2, 0.25) is 0 Å². The van der Waals surface area contributed by atoms with Crippen molar-refractivity contribution in [3.05, 3.63) is 23.8 Å². The molecule has 1 aromatic rings. The summed E-state index contributed by atoms with van der Waals surface area (Å²) < 4.78 is 0. The van der Waals surface area contributed by atoms with Crippen molar-refractivity contribution in [1.29, 1.82) is 0 Å². The minimum Gasteiger partial charge on any atom is -0.504 e. The minimum absolute atomic E-state index is 0.00958. The third-order valence-corrected chi connectivity index (χ3v) is 4.15. The maximum absolute atomic E-state index is 9.69. The maximum Gasteiger partial charge on any atom is 0.161 e. The number of rotatable bonds is 6. The summed E-state index contributed by atoms with van der Waals surface area (Å²) in [5.74, 6) is -0.0592. The Kier molecular flexibility index (Phi) is 5.68. The number of hydrogen-bond acceptors (Lipinski definition) is 4.